The summed E-state index contributed by atoms with van der Waals surface area (Å²) in [5.41, 5.74) is 0.388. The number of hydrogen-bond donors (Lipinski definition) is 1. The minimum absolute atomic E-state index is 0.194. The van der Waals surface area contributed by atoms with Gasteiger partial charge in [-0.1, -0.05) is 6.58 Å². The summed E-state index contributed by atoms with van der Waals surface area (Å²) in [5.74, 6) is -0.710. The van der Waals surface area contributed by atoms with E-state index < -0.39 is 11.2 Å². The lowest BCUT2D eigenvalue weighted by molar-refractivity contribution is -0.999. The number of quaternary nitrogens is 1. The van der Waals surface area contributed by atoms with Crippen molar-refractivity contribution in [1.82, 2.24) is 0 Å². The third-order valence-electron chi connectivity index (χ3n) is 0.882. The molecule has 1 unspecified atom stereocenters. The van der Waals surface area contributed by atoms with Gasteiger partial charge in [-0.3, -0.25) is 4.84 Å². The zero-order chi connectivity index (χ0) is 9.02. The van der Waals surface area contributed by atoms with Crippen LogP contribution < -0.4 is 5.23 Å². The molecule has 62 valence electrons. The maximum atomic E-state index is 10.7. The van der Waals surface area contributed by atoms with Crippen LogP contribution in [0.1, 0.15) is 13.8 Å². The Balaban J connectivity index is 3.95. The van der Waals surface area contributed by atoms with E-state index in [1.165, 1.54) is 13.8 Å². The topological polar surface area (TPSA) is 53.8 Å². The molecule has 0 saturated carbocycles. The molecule has 0 fully saturated rings. The van der Waals surface area contributed by atoms with Crippen LogP contribution in [0.5, 0.6) is 0 Å². The number of carbonyl (C=O) groups excluding carboxylic acids is 1. The summed E-state index contributed by atoms with van der Waals surface area (Å²) in [6.07, 6.45) is 0. The Labute approximate surface area is 65.3 Å². The van der Waals surface area contributed by atoms with Crippen LogP contribution in [0.25, 0.3) is 0 Å². The number of allylic oxidation sites excluding steroid dienone is 1. The van der Waals surface area contributed by atoms with Crippen molar-refractivity contribution in [3.63, 3.8) is 0 Å². The van der Waals surface area contributed by atoms with Crippen LogP contribution in [0.3, 0.4) is 0 Å². The predicted molar refractivity (Wildman–Crippen MR) is 40.0 cm³/mol. The van der Waals surface area contributed by atoms with Gasteiger partial charge in [0.2, 0.25) is 0 Å². The molecule has 0 amide bonds. The van der Waals surface area contributed by atoms with E-state index >= 15 is 0 Å². The number of nitrogens with one attached hydrogen (secondary N) is 1. The van der Waals surface area contributed by atoms with E-state index in [1.54, 1.807) is 0 Å². The summed E-state index contributed by atoms with van der Waals surface area (Å²) in [6.45, 7) is 9.55. The number of carbonyl (C=O) groups is 1. The van der Waals surface area contributed by atoms with Crippen molar-refractivity contribution < 1.29 is 14.9 Å². The van der Waals surface area contributed by atoms with Gasteiger partial charge in [-0.2, -0.15) is 0 Å². The molecular weight excluding hydrogens is 146 g/mol. The first-order chi connectivity index (χ1) is 4.95. The van der Waals surface area contributed by atoms with Crippen LogP contribution >= 0.6 is 0 Å². The Morgan fingerprint density at radius 2 is 1.91 bits per heavy atom. The summed E-state index contributed by atoms with van der Waals surface area (Å²) in [7, 11) is 0. The van der Waals surface area contributed by atoms with Crippen LogP contribution in [-0.4, -0.2) is 5.97 Å². The first kappa shape index (κ1) is 9.87. The van der Waals surface area contributed by atoms with Gasteiger partial charge >= 0.3 is 5.97 Å². The van der Waals surface area contributed by atoms with Gasteiger partial charge in [0, 0.05) is 12.5 Å². The Morgan fingerprint density at radius 3 is 2.18 bits per heavy atom. The van der Waals surface area contributed by atoms with E-state index in [0.717, 1.165) is 0 Å². The number of hydrogen-bond acceptors (Lipinski definition) is 3. The summed E-state index contributed by atoms with van der Waals surface area (Å²) in [5, 5.41) is 9.96. The maximum absolute atomic E-state index is 10.7. The summed E-state index contributed by atoms with van der Waals surface area (Å²) in [6, 6.07) is 0. The predicted octanol–water partition coefficient (Wildman–Crippen LogP) is -0.0630. The van der Waals surface area contributed by atoms with Crippen molar-refractivity contribution in [2.75, 3.05) is 0 Å². The lowest BCUT2D eigenvalue weighted by Crippen LogP contribution is -3.04. The minimum Gasteiger partial charge on any atom is -0.586 e. The highest BCUT2D eigenvalue weighted by Gasteiger charge is 2.08. The highest BCUT2D eigenvalue weighted by molar-refractivity contribution is 5.86. The van der Waals surface area contributed by atoms with Gasteiger partial charge in [0.15, 0.2) is 0 Å². The molecule has 0 radical (unpaired) electrons. The first-order valence-electron chi connectivity index (χ1n) is 3.02. The highest BCUT2D eigenvalue weighted by atomic mass is 16.9. The second-order valence-corrected chi connectivity index (χ2v) is 2.24. The van der Waals surface area contributed by atoms with Crippen molar-refractivity contribution in [2.45, 2.75) is 13.8 Å². The average molecular weight is 157 g/mol. The van der Waals surface area contributed by atoms with Gasteiger partial charge in [0.05, 0.1) is 0 Å². The Hall–Kier alpha value is -1.13. The van der Waals surface area contributed by atoms with Crippen molar-refractivity contribution in [3.05, 3.63) is 29.6 Å². The van der Waals surface area contributed by atoms with Crippen LogP contribution in [0, 0.1) is 5.21 Å². The second kappa shape index (κ2) is 3.90. The lowest BCUT2D eigenvalue weighted by Gasteiger charge is -2.17. The van der Waals surface area contributed by atoms with E-state index in [4.69, 9.17) is 0 Å². The van der Waals surface area contributed by atoms with E-state index in [0.29, 0.717) is 0 Å². The molecule has 4 nitrogen and oxygen atoms in total. The van der Waals surface area contributed by atoms with Crippen molar-refractivity contribution in [3.8, 4) is 0 Å². The van der Waals surface area contributed by atoms with Gasteiger partial charge in [0.1, 0.15) is 5.70 Å². The fourth-order valence-electron chi connectivity index (χ4n) is 0.258. The summed E-state index contributed by atoms with van der Waals surface area (Å²) < 4.78 is 0. The van der Waals surface area contributed by atoms with Gasteiger partial charge in [-0.15, -0.1) is 5.23 Å². The van der Waals surface area contributed by atoms with Crippen molar-refractivity contribution in [2.24, 2.45) is 0 Å². The third-order valence-corrected chi connectivity index (χ3v) is 0.882. The number of rotatable bonds is 3. The molecule has 4 heteroatoms. The second-order valence-electron chi connectivity index (χ2n) is 2.24. The molecule has 0 spiro atoms. The van der Waals surface area contributed by atoms with Crippen molar-refractivity contribution in [1.29, 1.82) is 0 Å². The fourth-order valence-corrected chi connectivity index (χ4v) is 0.258. The molecule has 0 aliphatic carbocycles. The van der Waals surface area contributed by atoms with Gasteiger partial charge < -0.3 is 5.21 Å². The van der Waals surface area contributed by atoms with Crippen LogP contribution in [0.4, 0.5) is 0 Å². The van der Waals surface area contributed by atoms with E-state index in [1.807, 2.05) is 0 Å². The van der Waals surface area contributed by atoms with Crippen LogP contribution in [0.15, 0.2) is 24.4 Å². The van der Waals surface area contributed by atoms with Gasteiger partial charge in [0.25, 0.3) is 0 Å². The minimum atomic E-state index is -0.710. The Bertz CT molecular complexity index is 198. The molecule has 0 saturated heterocycles. The van der Waals surface area contributed by atoms with Gasteiger partial charge in [-0.25, -0.2) is 4.79 Å². The molecule has 1 N–H and O–H groups in total. The summed E-state index contributed by atoms with van der Waals surface area (Å²) >= 11 is 0. The Kier molecular flexibility index (Phi) is 3.50. The smallest absolute Gasteiger partial charge is 0.393 e. The zero-order valence-corrected chi connectivity index (χ0v) is 6.64. The highest BCUT2D eigenvalue weighted by Crippen LogP contribution is 1.87. The van der Waals surface area contributed by atoms with E-state index in [-0.39, 0.29) is 11.3 Å². The SMILES string of the molecule is C=C(C)C(=O)O[NH+]([O-])C(=C)C. The van der Waals surface area contributed by atoms with E-state index in [9.17, 15) is 10.0 Å². The lowest BCUT2D eigenvalue weighted by atomic mass is 10.4. The largest absolute Gasteiger partial charge is 0.586 e. The number of hydroxylamine groups is 2. The molecule has 1 atom stereocenters. The van der Waals surface area contributed by atoms with E-state index in [2.05, 4.69) is 18.0 Å². The third kappa shape index (κ3) is 3.54. The molecule has 0 aliphatic rings. The first-order valence-corrected chi connectivity index (χ1v) is 3.02. The molecule has 0 aromatic heterocycles. The average Bonchev–Trinajstić information content (AvgIpc) is 1.87. The normalized spacial score (nSPS) is 11.9. The maximum Gasteiger partial charge on any atom is 0.393 e. The van der Waals surface area contributed by atoms with Crippen LogP contribution in [-0.2, 0) is 9.63 Å². The fraction of sp³-hybridized carbons (Fsp3) is 0.286. The van der Waals surface area contributed by atoms with Crippen LogP contribution in [0.2, 0.25) is 0 Å². The Morgan fingerprint density at radius 1 is 1.45 bits per heavy atom. The molecule has 11 heavy (non-hydrogen) atoms. The van der Waals surface area contributed by atoms with Gasteiger partial charge in [-0.05, 0) is 13.5 Å². The molecule has 0 aromatic carbocycles. The molecule has 0 aliphatic heterocycles. The monoisotopic (exact) mass is 157 g/mol. The molecular formula is C7H11NO3. The van der Waals surface area contributed by atoms with Crippen molar-refractivity contribution >= 4 is 5.97 Å². The molecule has 0 aromatic rings. The molecule has 0 bridgehead atoms. The summed E-state index contributed by atoms with van der Waals surface area (Å²) in [4.78, 5) is 15.0. The quantitative estimate of drug-likeness (QED) is 0.461. The zero-order valence-electron chi connectivity index (χ0n) is 6.64. The molecule has 0 rings (SSSR count). The standard InChI is InChI=1S/C7H11NO3/c1-5(2)7(9)11-8(10)6(3)4/h8H,1,3H2,2,4H3. The molecule has 0 heterocycles.